The van der Waals surface area contributed by atoms with Crippen molar-refractivity contribution >= 4 is 49.3 Å². The van der Waals surface area contributed by atoms with Gasteiger partial charge in [-0.15, -0.1) is 0 Å². The van der Waals surface area contributed by atoms with Crippen molar-refractivity contribution in [2.45, 2.75) is 0 Å². The lowest BCUT2D eigenvalue weighted by Gasteiger charge is -2.16. The zero-order valence-corrected chi connectivity index (χ0v) is 26.7. The van der Waals surface area contributed by atoms with E-state index in [0.29, 0.717) is 16.8 Å². The molecule has 0 radical (unpaired) electrons. The van der Waals surface area contributed by atoms with E-state index in [-0.39, 0.29) is 0 Å². The smallest absolute Gasteiger partial charge is 0.211 e. The van der Waals surface area contributed by atoms with Gasteiger partial charge in [0.25, 0.3) is 0 Å². The van der Waals surface area contributed by atoms with Crippen LogP contribution in [0.25, 0.3) is 82.1 Å². The van der Waals surface area contributed by atoms with Crippen molar-refractivity contribution in [1.29, 1.82) is 10.5 Å². The number of hydrogen-bond donors (Lipinski definition) is 0. The van der Waals surface area contributed by atoms with Crippen molar-refractivity contribution in [1.82, 2.24) is 9.13 Å². The molecule has 9 aromatic rings. The molecule has 7 aromatic carbocycles. The minimum Gasteiger partial charge on any atom is -0.318 e. The van der Waals surface area contributed by atoms with E-state index in [9.17, 15) is 10.5 Å². The van der Waals surface area contributed by atoms with Gasteiger partial charge >= 0.3 is 0 Å². The molecule has 0 unspecified atom stereocenters. The van der Waals surface area contributed by atoms with Crippen molar-refractivity contribution in [3.8, 4) is 45.8 Å². The summed E-state index contributed by atoms with van der Waals surface area (Å²) >= 11 is 0. The molecule has 5 heteroatoms. The van der Waals surface area contributed by atoms with Crippen LogP contribution in [0.3, 0.4) is 0 Å². The van der Waals surface area contributed by atoms with E-state index in [1.807, 2.05) is 78.9 Å². The predicted molar refractivity (Wildman–Crippen MR) is 202 cm³/mol. The summed E-state index contributed by atoms with van der Waals surface area (Å²) in [5.74, 6) is 0. The average Bonchev–Trinajstić information content (AvgIpc) is 3.70. The molecule has 0 saturated heterocycles. The van der Waals surface area contributed by atoms with Crippen molar-refractivity contribution in [3.63, 3.8) is 0 Å². The summed E-state index contributed by atoms with van der Waals surface area (Å²) in [6.45, 7) is 8.11. The Morgan fingerprint density at radius 3 is 1.84 bits per heavy atom. The highest BCUT2D eigenvalue weighted by molar-refractivity contribution is 6.13. The summed E-state index contributed by atoms with van der Waals surface area (Å²) in [4.78, 5) is 3.96. The lowest BCUT2D eigenvalue weighted by atomic mass is 9.98. The predicted octanol–water partition coefficient (Wildman–Crippen LogP) is 11.5. The number of aromatic nitrogens is 2. The highest BCUT2D eigenvalue weighted by atomic mass is 15.0. The number of fused-ring (bicyclic) bond motifs is 6. The zero-order chi connectivity index (χ0) is 33.8. The fraction of sp³-hybridized carbons (Fsp3) is 0. The van der Waals surface area contributed by atoms with Gasteiger partial charge in [0.1, 0.15) is 0 Å². The zero-order valence-electron chi connectivity index (χ0n) is 26.7. The van der Waals surface area contributed by atoms with E-state index in [1.165, 1.54) is 0 Å². The Balaban J connectivity index is 1.13. The summed E-state index contributed by atoms with van der Waals surface area (Å²) in [6.07, 6.45) is 0. The summed E-state index contributed by atoms with van der Waals surface area (Å²) < 4.78 is 4.38. The Hall–Kier alpha value is -7.39. The van der Waals surface area contributed by atoms with Crippen LogP contribution in [0.15, 0.2) is 152 Å². The van der Waals surface area contributed by atoms with Crippen LogP contribution in [0.5, 0.6) is 0 Å². The molecule has 0 N–H and O–H groups in total. The van der Waals surface area contributed by atoms with Crippen LogP contribution >= 0.6 is 0 Å². The largest absolute Gasteiger partial charge is 0.318 e. The second kappa shape index (κ2) is 11.4. The summed E-state index contributed by atoms with van der Waals surface area (Å²) in [5, 5.41) is 23.5. The molecule has 0 aliphatic carbocycles. The number of hydrogen-bond acceptors (Lipinski definition) is 2. The number of benzene rings is 7. The normalized spacial score (nSPS) is 11.1. The topological polar surface area (TPSA) is 61.8 Å². The van der Waals surface area contributed by atoms with Crippen molar-refractivity contribution in [2.75, 3.05) is 0 Å². The van der Waals surface area contributed by atoms with E-state index in [4.69, 9.17) is 6.57 Å². The molecule has 0 aliphatic rings. The lowest BCUT2D eigenvalue weighted by Crippen LogP contribution is -1.98. The molecular weight excluding hydrogens is 611 g/mol. The molecule has 5 nitrogen and oxygen atoms in total. The summed E-state index contributed by atoms with van der Waals surface area (Å²) in [7, 11) is 0. The molecule has 0 amide bonds. The van der Waals surface area contributed by atoms with Crippen molar-refractivity contribution < 1.29 is 0 Å². The number of nitrogens with zero attached hydrogens (tertiary/aromatic N) is 5. The third-order valence-electron chi connectivity index (χ3n) is 9.63. The molecule has 0 bridgehead atoms. The molecule has 0 spiro atoms. The van der Waals surface area contributed by atoms with E-state index >= 15 is 0 Å². The third-order valence-corrected chi connectivity index (χ3v) is 9.63. The standard InChI is InChI=1S/C45H25N5/c1-48-39-12-7-11-35(45(39)50-41-14-5-3-10-37(41)44-33(28-47)8-6-15-43(44)50)32-19-17-30(18-20-32)31-21-23-34(24-22-31)49-40-13-4-2-9-36(40)38-26-29(27-46)16-25-42(38)49/h2-26H. The van der Waals surface area contributed by atoms with Gasteiger partial charge < -0.3 is 9.13 Å². The van der Waals surface area contributed by atoms with E-state index in [2.05, 4.69) is 98.9 Å². The quantitative estimate of drug-likeness (QED) is 0.181. The maximum absolute atomic E-state index is 9.97. The fourth-order valence-corrected chi connectivity index (χ4v) is 7.41. The minimum atomic E-state index is 0.543. The average molecular weight is 636 g/mol. The highest BCUT2D eigenvalue weighted by Crippen LogP contribution is 2.42. The fourth-order valence-electron chi connectivity index (χ4n) is 7.41. The Morgan fingerprint density at radius 1 is 0.500 bits per heavy atom. The SMILES string of the molecule is [C-]#[N+]c1cccc(-c2ccc(-c3ccc(-n4c5ccccc5c5cc(C#N)ccc54)cc3)cc2)c1-n1c2ccccc2c2c(C#N)cccc21. The monoisotopic (exact) mass is 635 g/mol. The van der Waals surface area contributed by atoms with Gasteiger partial charge in [0.15, 0.2) is 0 Å². The maximum atomic E-state index is 9.97. The van der Waals surface area contributed by atoms with E-state index in [0.717, 1.165) is 77.2 Å². The minimum absolute atomic E-state index is 0.543. The second-order valence-corrected chi connectivity index (χ2v) is 12.3. The maximum Gasteiger partial charge on any atom is 0.211 e. The molecule has 0 saturated carbocycles. The molecule has 230 valence electrons. The van der Waals surface area contributed by atoms with Gasteiger partial charge in [-0.2, -0.15) is 10.5 Å². The van der Waals surface area contributed by atoms with Crippen LogP contribution < -0.4 is 0 Å². The second-order valence-electron chi connectivity index (χ2n) is 12.3. The Kier molecular flexibility index (Phi) is 6.56. The molecule has 2 aromatic heterocycles. The number of nitriles is 2. The molecule has 0 atom stereocenters. The van der Waals surface area contributed by atoms with Gasteiger partial charge in [-0.05, 0) is 76.9 Å². The molecule has 0 fully saturated rings. The summed E-state index contributed by atoms with van der Waals surface area (Å²) in [5.41, 5.74) is 11.8. The van der Waals surface area contributed by atoms with Crippen LogP contribution in [0.1, 0.15) is 11.1 Å². The molecular formula is C45H25N5. The van der Waals surface area contributed by atoms with Gasteiger partial charge in [0, 0.05) is 27.2 Å². The van der Waals surface area contributed by atoms with Gasteiger partial charge in [-0.25, -0.2) is 4.85 Å². The summed E-state index contributed by atoms with van der Waals surface area (Å²) in [6, 6.07) is 55.6. The van der Waals surface area contributed by atoms with Crippen molar-refractivity contribution in [3.05, 3.63) is 174 Å². The molecule has 0 aliphatic heterocycles. The first-order valence-electron chi connectivity index (χ1n) is 16.3. The van der Waals surface area contributed by atoms with Gasteiger partial charge in [0.2, 0.25) is 5.69 Å². The first-order chi connectivity index (χ1) is 24.7. The third kappa shape index (κ3) is 4.31. The van der Waals surface area contributed by atoms with Crippen LogP contribution in [0.2, 0.25) is 0 Å². The molecule has 9 rings (SSSR count). The molecule has 2 heterocycles. The number of rotatable bonds is 4. The Morgan fingerprint density at radius 2 is 1.12 bits per heavy atom. The van der Waals surface area contributed by atoms with E-state index < -0.39 is 0 Å². The van der Waals surface area contributed by atoms with E-state index in [1.54, 1.807) is 0 Å². The van der Waals surface area contributed by atoms with Crippen LogP contribution in [0, 0.1) is 29.2 Å². The first-order valence-corrected chi connectivity index (χ1v) is 16.3. The first kappa shape index (κ1) is 28.8. The van der Waals surface area contributed by atoms with Crippen molar-refractivity contribution in [2.24, 2.45) is 0 Å². The molecule has 50 heavy (non-hydrogen) atoms. The van der Waals surface area contributed by atoms with Crippen LogP contribution in [-0.2, 0) is 0 Å². The van der Waals surface area contributed by atoms with Crippen LogP contribution in [-0.4, -0.2) is 9.13 Å². The van der Waals surface area contributed by atoms with Crippen LogP contribution in [0.4, 0.5) is 5.69 Å². The number of para-hydroxylation sites is 3. The highest BCUT2D eigenvalue weighted by Gasteiger charge is 2.20. The van der Waals surface area contributed by atoms with Gasteiger partial charge in [-0.1, -0.05) is 97.1 Å². The Labute approximate surface area is 288 Å². The van der Waals surface area contributed by atoms with Gasteiger partial charge in [-0.3, -0.25) is 0 Å². The lowest BCUT2D eigenvalue weighted by molar-refractivity contribution is 1.18. The Bertz CT molecular complexity index is 2940. The van der Waals surface area contributed by atoms with Gasteiger partial charge in [0.05, 0.1) is 57.6 Å².